The van der Waals surface area contributed by atoms with Gasteiger partial charge in [0.15, 0.2) is 0 Å². The van der Waals surface area contributed by atoms with Crippen molar-refractivity contribution in [1.82, 2.24) is 4.98 Å². The van der Waals surface area contributed by atoms with Crippen molar-refractivity contribution in [2.75, 3.05) is 0 Å². The number of halogens is 3. The highest BCUT2D eigenvalue weighted by Crippen LogP contribution is 2.29. The standard InChI is InChI=1S/C11H8BrF2NO2/c1-5-2-7-8(15-10(5)16)3-6(12)4-9(7)17-11(13)14/h2-4,11H,1H3,(H,15,16). The van der Waals surface area contributed by atoms with Crippen molar-refractivity contribution in [3.05, 3.63) is 38.6 Å². The smallest absolute Gasteiger partial charge is 0.387 e. The molecule has 17 heavy (non-hydrogen) atoms. The van der Waals surface area contributed by atoms with Gasteiger partial charge in [0.25, 0.3) is 5.56 Å². The topological polar surface area (TPSA) is 42.1 Å². The molecule has 2 aromatic rings. The van der Waals surface area contributed by atoms with E-state index in [1.54, 1.807) is 13.0 Å². The number of alkyl halides is 2. The molecule has 0 fully saturated rings. The van der Waals surface area contributed by atoms with Crippen molar-refractivity contribution < 1.29 is 13.5 Å². The molecule has 0 saturated heterocycles. The van der Waals surface area contributed by atoms with E-state index in [2.05, 4.69) is 25.7 Å². The van der Waals surface area contributed by atoms with Crippen LogP contribution in [0.15, 0.2) is 27.5 Å². The predicted octanol–water partition coefficient (Wildman–Crippen LogP) is 3.20. The maximum Gasteiger partial charge on any atom is 0.387 e. The second-order valence-electron chi connectivity index (χ2n) is 3.53. The molecule has 0 aliphatic rings. The average molecular weight is 304 g/mol. The minimum atomic E-state index is -2.90. The molecule has 0 aliphatic carbocycles. The maximum absolute atomic E-state index is 12.3. The number of nitrogens with one attached hydrogen (secondary N) is 1. The number of hydrogen-bond acceptors (Lipinski definition) is 2. The summed E-state index contributed by atoms with van der Waals surface area (Å²) in [5.41, 5.74) is 0.642. The Hall–Kier alpha value is -1.43. The number of rotatable bonds is 2. The third-order valence-corrected chi connectivity index (χ3v) is 2.75. The lowest BCUT2D eigenvalue weighted by Gasteiger charge is -2.09. The van der Waals surface area contributed by atoms with Gasteiger partial charge in [0, 0.05) is 15.4 Å². The Labute approximate surface area is 104 Å². The lowest BCUT2D eigenvalue weighted by molar-refractivity contribution is -0.0488. The van der Waals surface area contributed by atoms with Gasteiger partial charge in [-0.15, -0.1) is 0 Å². The van der Waals surface area contributed by atoms with Crippen molar-refractivity contribution >= 4 is 26.8 Å². The lowest BCUT2D eigenvalue weighted by atomic mass is 10.1. The Bertz CT molecular complexity index is 625. The van der Waals surface area contributed by atoms with Gasteiger partial charge in [0.1, 0.15) is 5.75 Å². The van der Waals surface area contributed by atoms with Crippen molar-refractivity contribution in [2.24, 2.45) is 0 Å². The summed E-state index contributed by atoms with van der Waals surface area (Å²) in [7, 11) is 0. The van der Waals surface area contributed by atoms with Gasteiger partial charge < -0.3 is 9.72 Å². The van der Waals surface area contributed by atoms with Crippen molar-refractivity contribution in [1.29, 1.82) is 0 Å². The molecule has 1 heterocycles. The minimum absolute atomic E-state index is 0.0312. The highest BCUT2D eigenvalue weighted by molar-refractivity contribution is 9.10. The first-order valence-electron chi connectivity index (χ1n) is 4.75. The molecule has 2 rings (SSSR count). The third-order valence-electron chi connectivity index (χ3n) is 2.29. The van der Waals surface area contributed by atoms with Gasteiger partial charge in [-0.3, -0.25) is 4.79 Å². The lowest BCUT2D eigenvalue weighted by Crippen LogP contribution is -2.10. The molecule has 0 aliphatic heterocycles. The molecule has 0 spiro atoms. The van der Waals surface area contributed by atoms with Crippen molar-refractivity contribution in [3.63, 3.8) is 0 Å². The molecule has 1 aromatic carbocycles. The quantitative estimate of drug-likeness (QED) is 0.926. The maximum atomic E-state index is 12.3. The van der Waals surface area contributed by atoms with Gasteiger partial charge in [-0.2, -0.15) is 8.78 Å². The summed E-state index contributed by atoms with van der Waals surface area (Å²) < 4.78 is 29.5. The van der Waals surface area contributed by atoms with Crippen molar-refractivity contribution in [3.8, 4) is 5.75 Å². The van der Waals surface area contributed by atoms with E-state index in [1.807, 2.05) is 0 Å². The normalized spacial score (nSPS) is 11.1. The number of aryl methyl sites for hydroxylation is 1. The molecule has 0 unspecified atom stereocenters. The summed E-state index contributed by atoms with van der Waals surface area (Å²) in [6.07, 6.45) is 0. The van der Waals surface area contributed by atoms with Crippen LogP contribution in [0.1, 0.15) is 5.56 Å². The van der Waals surface area contributed by atoms with Crippen molar-refractivity contribution in [2.45, 2.75) is 13.5 Å². The van der Waals surface area contributed by atoms with Crippen LogP contribution in [-0.4, -0.2) is 11.6 Å². The van der Waals surface area contributed by atoms with Gasteiger partial charge >= 0.3 is 6.61 Å². The summed E-state index contributed by atoms with van der Waals surface area (Å²) in [4.78, 5) is 14.0. The first-order chi connectivity index (χ1) is 7.97. The predicted molar refractivity (Wildman–Crippen MR) is 63.6 cm³/mol. The van der Waals surface area contributed by atoms with E-state index >= 15 is 0 Å². The largest absolute Gasteiger partial charge is 0.434 e. The van der Waals surface area contributed by atoms with E-state index in [0.29, 0.717) is 20.9 Å². The average Bonchev–Trinajstić information content (AvgIpc) is 2.20. The Morgan fingerprint density at radius 1 is 1.35 bits per heavy atom. The second kappa shape index (κ2) is 4.44. The molecule has 90 valence electrons. The van der Waals surface area contributed by atoms with Crippen LogP contribution < -0.4 is 10.3 Å². The number of aromatic nitrogens is 1. The molecule has 3 nitrogen and oxygen atoms in total. The first-order valence-corrected chi connectivity index (χ1v) is 5.54. The van der Waals surface area contributed by atoms with Gasteiger partial charge in [-0.25, -0.2) is 0 Å². The van der Waals surface area contributed by atoms with Gasteiger partial charge in [0.05, 0.1) is 5.52 Å². The number of fused-ring (bicyclic) bond motifs is 1. The van der Waals surface area contributed by atoms with Gasteiger partial charge in [-0.05, 0) is 25.1 Å². The summed E-state index contributed by atoms with van der Waals surface area (Å²) in [5, 5.41) is 0.450. The van der Waals surface area contributed by atoms with E-state index in [0.717, 1.165) is 0 Å². The Morgan fingerprint density at radius 3 is 2.71 bits per heavy atom. The number of pyridine rings is 1. The zero-order valence-corrected chi connectivity index (χ0v) is 10.3. The SMILES string of the molecule is Cc1cc2c(OC(F)F)cc(Br)cc2[nH]c1=O. The number of ether oxygens (including phenoxy) is 1. The summed E-state index contributed by atoms with van der Waals surface area (Å²) in [6, 6.07) is 4.60. The van der Waals surface area contributed by atoms with E-state index in [4.69, 9.17) is 0 Å². The van der Waals surface area contributed by atoms with E-state index in [9.17, 15) is 13.6 Å². The number of benzene rings is 1. The molecule has 1 N–H and O–H groups in total. The van der Waals surface area contributed by atoms with Crippen LogP contribution in [0.3, 0.4) is 0 Å². The number of H-pyrrole nitrogens is 1. The van der Waals surface area contributed by atoms with Crippen LogP contribution in [-0.2, 0) is 0 Å². The Balaban J connectivity index is 2.73. The highest BCUT2D eigenvalue weighted by atomic mass is 79.9. The second-order valence-corrected chi connectivity index (χ2v) is 4.44. The minimum Gasteiger partial charge on any atom is -0.434 e. The number of aromatic amines is 1. The third kappa shape index (κ3) is 2.46. The Morgan fingerprint density at radius 2 is 2.06 bits per heavy atom. The van der Waals surface area contributed by atoms with Gasteiger partial charge in [-0.1, -0.05) is 15.9 Å². The fourth-order valence-electron chi connectivity index (χ4n) is 1.54. The molecule has 6 heteroatoms. The molecule has 0 radical (unpaired) electrons. The van der Waals surface area contributed by atoms with Crippen LogP contribution in [0.5, 0.6) is 5.75 Å². The fraction of sp³-hybridized carbons (Fsp3) is 0.182. The summed E-state index contributed by atoms with van der Waals surface area (Å²) in [5.74, 6) is 0.0312. The molecule has 0 atom stereocenters. The summed E-state index contributed by atoms with van der Waals surface area (Å²) in [6.45, 7) is -1.30. The van der Waals surface area contributed by atoms with E-state index in [1.165, 1.54) is 12.1 Å². The summed E-state index contributed by atoms with van der Waals surface area (Å²) >= 11 is 3.17. The van der Waals surface area contributed by atoms with Crippen LogP contribution in [0.25, 0.3) is 10.9 Å². The molecular weight excluding hydrogens is 296 g/mol. The monoisotopic (exact) mass is 303 g/mol. The highest BCUT2D eigenvalue weighted by Gasteiger charge is 2.11. The fourth-order valence-corrected chi connectivity index (χ4v) is 1.98. The van der Waals surface area contributed by atoms with Crippen LogP contribution in [0.4, 0.5) is 8.78 Å². The molecule has 0 bridgehead atoms. The first kappa shape index (κ1) is 12.0. The van der Waals surface area contributed by atoms with Crippen LogP contribution in [0, 0.1) is 6.92 Å². The van der Waals surface area contributed by atoms with Crippen LogP contribution in [0.2, 0.25) is 0 Å². The van der Waals surface area contributed by atoms with Crippen LogP contribution >= 0.6 is 15.9 Å². The molecular formula is C11H8BrF2NO2. The van der Waals surface area contributed by atoms with Gasteiger partial charge in [0.2, 0.25) is 0 Å². The molecule has 1 aromatic heterocycles. The zero-order valence-electron chi connectivity index (χ0n) is 8.76. The number of hydrogen-bond donors (Lipinski definition) is 1. The molecule has 0 saturated carbocycles. The molecule has 0 amide bonds. The van der Waals surface area contributed by atoms with E-state index < -0.39 is 6.61 Å². The van der Waals surface area contributed by atoms with E-state index in [-0.39, 0.29) is 11.3 Å². The Kier molecular flexibility index (Phi) is 3.15. The zero-order chi connectivity index (χ0) is 12.6.